The SMILES string of the molecule is CCOC(=O)C(Cc1ccccc1)c1cc(C)cc(C(C)(C)C)c1. The summed E-state index contributed by atoms with van der Waals surface area (Å²) in [6.45, 7) is 10.9. The van der Waals surface area contributed by atoms with Crippen LogP contribution < -0.4 is 0 Å². The molecule has 2 heteroatoms. The molecule has 0 N–H and O–H groups in total. The standard InChI is InChI=1S/C22H28O2/c1-6-24-21(23)20(14-17-10-8-7-9-11-17)18-12-16(2)13-19(15-18)22(3,4)5/h7-13,15,20H,6,14H2,1-5H3. The number of carbonyl (C=O) groups excluding carboxylic acids is 1. The first kappa shape index (κ1) is 18.3. The molecule has 0 aliphatic rings. The molecule has 2 aromatic rings. The zero-order valence-electron chi connectivity index (χ0n) is 15.4. The minimum atomic E-state index is -0.270. The molecule has 0 saturated heterocycles. The molecule has 0 spiro atoms. The largest absolute Gasteiger partial charge is 0.466 e. The summed E-state index contributed by atoms with van der Waals surface area (Å²) in [5.41, 5.74) is 4.67. The van der Waals surface area contributed by atoms with Crippen molar-refractivity contribution in [3.63, 3.8) is 0 Å². The van der Waals surface area contributed by atoms with Crippen LogP contribution in [0.4, 0.5) is 0 Å². The summed E-state index contributed by atoms with van der Waals surface area (Å²) in [5, 5.41) is 0. The zero-order valence-corrected chi connectivity index (χ0v) is 15.4. The van der Waals surface area contributed by atoms with Crippen LogP contribution in [-0.4, -0.2) is 12.6 Å². The van der Waals surface area contributed by atoms with Gasteiger partial charge in [-0.05, 0) is 42.4 Å². The van der Waals surface area contributed by atoms with E-state index >= 15 is 0 Å². The number of benzene rings is 2. The lowest BCUT2D eigenvalue weighted by atomic mass is 9.82. The number of hydrogen-bond acceptors (Lipinski definition) is 2. The first-order valence-electron chi connectivity index (χ1n) is 8.64. The molecule has 24 heavy (non-hydrogen) atoms. The van der Waals surface area contributed by atoms with Gasteiger partial charge in [0.25, 0.3) is 0 Å². The van der Waals surface area contributed by atoms with Crippen molar-refractivity contribution < 1.29 is 9.53 Å². The molecule has 2 nitrogen and oxygen atoms in total. The molecule has 0 heterocycles. The maximum atomic E-state index is 12.6. The van der Waals surface area contributed by atoms with E-state index in [4.69, 9.17) is 4.74 Å². The molecule has 0 aliphatic carbocycles. The molecule has 0 aromatic heterocycles. The van der Waals surface area contributed by atoms with Crippen molar-refractivity contribution >= 4 is 5.97 Å². The smallest absolute Gasteiger partial charge is 0.313 e. The highest BCUT2D eigenvalue weighted by Gasteiger charge is 2.25. The van der Waals surface area contributed by atoms with Gasteiger partial charge in [-0.3, -0.25) is 4.79 Å². The minimum absolute atomic E-state index is 0.0483. The maximum absolute atomic E-state index is 12.6. The van der Waals surface area contributed by atoms with E-state index in [1.165, 1.54) is 11.1 Å². The Morgan fingerprint density at radius 2 is 1.75 bits per heavy atom. The van der Waals surface area contributed by atoms with Crippen LogP contribution in [0.15, 0.2) is 48.5 Å². The monoisotopic (exact) mass is 324 g/mol. The van der Waals surface area contributed by atoms with Gasteiger partial charge in [-0.25, -0.2) is 0 Å². The van der Waals surface area contributed by atoms with Crippen LogP contribution in [-0.2, 0) is 21.4 Å². The van der Waals surface area contributed by atoms with E-state index in [9.17, 15) is 4.79 Å². The van der Waals surface area contributed by atoms with Crippen LogP contribution in [0.3, 0.4) is 0 Å². The average Bonchev–Trinajstić information content (AvgIpc) is 2.52. The van der Waals surface area contributed by atoms with Gasteiger partial charge in [0.15, 0.2) is 0 Å². The predicted octanol–water partition coefficient (Wildman–Crippen LogP) is 5.18. The number of esters is 1. The third-order valence-electron chi connectivity index (χ3n) is 4.22. The van der Waals surface area contributed by atoms with Gasteiger partial charge in [0.1, 0.15) is 0 Å². The van der Waals surface area contributed by atoms with Crippen LogP contribution in [0.5, 0.6) is 0 Å². The second-order valence-corrected chi connectivity index (χ2v) is 7.38. The van der Waals surface area contributed by atoms with Crippen LogP contribution in [0, 0.1) is 6.92 Å². The first-order valence-corrected chi connectivity index (χ1v) is 8.64. The number of carbonyl (C=O) groups is 1. The van der Waals surface area contributed by atoms with Crippen molar-refractivity contribution in [1.82, 2.24) is 0 Å². The molecule has 0 fully saturated rings. The molecule has 2 aromatic carbocycles. The van der Waals surface area contributed by atoms with Crippen molar-refractivity contribution in [2.75, 3.05) is 6.61 Å². The molecule has 128 valence electrons. The molecule has 2 rings (SSSR count). The highest BCUT2D eigenvalue weighted by atomic mass is 16.5. The van der Waals surface area contributed by atoms with E-state index in [2.05, 4.69) is 58.0 Å². The topological polar surface area (TPSA) is 26.3 Å². The van der Waals surface area contributed by atoms with Crippen LogP contribution in [0.1, 0.15) is 55.9 Å². The average molecular weight is 324 g/mol. The van der Waals surface area contributed by atoms with Crippen LogP contribution >= 0.6 is 0 Å². The quantitative estimate of drug-likeness (QED) is 0.708. The highest BCUT2D eigenvalue weighted by molar-refractivity contribution is 5.78. The summed E-state index contributed by atoms with van der Waals surface area (Å²) < 4.78 is 5.36. The lowest BCUT2D eigenvalue weighted by molar-refractivity contribution is -0.144. The number of ether oxygens (including phenoxy) is 1. The number of rotatable bonds is 5. The molecular weight excluding hydrogens is 296 g/mol. The van der Waals surface area contributed by atoms with Gasteiger partial charge >= 0.3 is 5.97 Å². The third kappa shape index (κ3) is 4.70. The lowest BCUT2D eigenvalue weighted by Gasteiger charge is -2.23. The second kappa shape index (κ2) is 7.65. The van der Waals surface area contributed by atoms with E-state index in [-0.39, 0.29) is 17.3 Å². The predicted molar refractivity (Wildman–Crippen MR) is 99.4 cm³/mol. The van der Waals surface area contributed by atoms with Crippen LogP contribution in [0.2, 0.25) is 0 Å². The normalized spacial score (nSPS) is 12.7. The van der Waals surface area contributed by atoms with E-state index in [1.54, 1.807) is 0 Å². The summed E-state index contributed by atoms with van der Waals surface area (Å²) in [6, 6.07) is 16.6. The summed E-state index contributed by atoms with van der Waals surface area (Å²) >= 11 is 0. The second-order valence-electron chi connectivity index (χ2n) is 7.38. The fourth-order valence-electron chi connectivity index (χ4n) is 2.88. The summed E-state index contributed by atoms with van der Waals surface area (Å²) in [5.74, 6) is -0.417. The van der Waals surface area contributed by atoms with Crippen molar-refractivity contribution in [2.45, 2.75) is 52.4 Å². The third-order valence-corrected chi connectivity index (χ3v) is 4.22. The Bertz CT molecular complexity index is 681. The van der Waals surface area contributed by atoms with E-state index in [1.807, 2.05) is 25.1 Å². The minimum Gasteiger partial charge on any atom is -0.466 e. The van der Waals surface area contributed by atoms with Crippen molar-refractivity contribution in [3.05, 3.63) is 70.8 Å². The van der Waals surface area contributed by atoms with Gasteiger partial charge in [0, 0.05) is 0 Å². The zero-order chi connectivity index (χ0) is 17.7. The molecule has 0 amide bonds. The fraction of sp³-hybridized carbons (Fsp3) is 0.409. The molecule has 0 radical (unpaired) electrons. The molecule has 1 atom stereocenters. The number of hydrogen-bond donors (Lipinski definition) is 0. The first-order chi connectivity index (χ1) is 11.3. The van der Waals surface area contributed by atoms with Crippen molar-refractivity contribution in [2.24, 2.45) is 0 Å². The van der Waals surface area contributed by atoms with Crippen molar-refractivity contribution in [1.29, 1.82) is 0 Å². The Hall–Kier alpha value is -2.09. The molecular formula is C22H28O2. The fourth-order valence-corrected chi connectivity index (χ4v) is 2.88. The Labute approximate surface area is 145 Å². The molecule has 1 unspecified atom stereocenters. The van der Waals surface area contributed by atoms with Gasteiger partial charge in [-0.2, -0.15) is 0 Å². The maximum Gasteiger partial charge on any atom is 0.313 e. The van der Waals surface area contributed by atoms with Crippen LogP contribution in [0.25, 0.3) is 0 Å². The molecule has 0 bridgehead atoms. The van der Waals surface area contributed by atoms with Crippen molar-refractivity contribution in [3.8, 4) is 0 Å². The molecule has 0 saturated carbocycles. The molecule has 0 aliphatic heterocycles. The Morgan fingerprint density at radius 1 is 1.08 bits per heavy atom. The Morgan fingerprint density at radius 3 is 2.33 bits per heavy atom. The lowest BCUT2D eigenvalue weighted by Crippen LogP contribution is -2.20. The Kier molecular flexibility index (Phi) is 5.82. The summed E-state index contributed by atoms with van der Waals surface area (Å²) in [7, 11) is 0. The Balaban J connectivity index is 2.43. The van der Waals surface area contributed by atoms with E-state index < -0.39 is 0 Å². The highest BCUT2D eigenvalue weighted by Crippen LogP contribution is 2.30. The van der Waals surface area contributed by atoms with E-state index in [0.29, 0.717) is 13.0 Å². The van der Waals surface area contributed by atoms with Gasteiger partial charge in [0.05, 0.1) is 12.5 Å². The summed E-state index contributed by atoms with van der Waals surface area (Å²) in [6.07, 6.45) is 0.659. The van der Waals surface area contributed by atoms with Gasteiger partial charge in [-0.1, -0.05) is 74.9 Å². The number of aryl methyl sites for hydroxylation is 1. The summed E-state index contributed by atoms with van der Waals surface area (Å²) in [4.78, 5) is 12.6. The van der Waals surface area contributed by atoms with E-state index in [0.717, 1.165) is 11.1 Å². The van der Waals surface area contributed by atoms with Gasteiger partial charge in [0.2, 0.25) is 0 Å². The van der Waals surface area contributed by atoms with Gasteiger partial charge < -0.3 is 4.74 Å². The van der Waals surface area contributed by atoms with Gasteiger partial charge in [-0.15, -0.1) is 0 Å².